The van der Waals surface area contributed by atoms with Crippen LogP contribution < -0.4 is 5.32 Å². The van der Waals surface area contributed by atoms with Crippen molar-refractivity contribution in [1.82, 2.24) is 5.32 Å². The molecule has 0 radical (unpaired) electrons. The lowest BCUT2D eigenvalue weighted by atomic mass is 9.95. The zero-order valence-corrected chi connectivity index (χ0v) is 9.48. The molecular formula is C11H13BrFN. The zero-order valence-electron chi connectivity index (χ0n) is 7.89. The summed E-state index contributed by atoms with van der Waals surface area (Å²) in [5.41, 5.74) is 1.21. The maximum Gasteiger partial charge on any atom is 0.137 e. The summed E-state index contributed by atoms with van der Waals surface area (Å²) in [6, 6.07) is 5.27. The fourth-order valence-electron chi connectivity index (χ4n) is 1.62. The van der Waals surface area contributed by atoms with Gasteiger partial charge in [-0.3, -0.25) is 0 Å². The summed E-state index contributed by atoms with van der Waals surface area (Å²) in [5.74, 6) is 0.637. The summed E-state index contributed by atoms with van der Waals surface area (Å²) in [5, 5.41) is 3.25. The average Bonchev–Trinajstić information content (AvgIpc) is 2.08. The molecule has 0 saturated carbocycles. The Kier molecular flexibility index (Phi) is 3.19. The molecule has 1 saturated heterocycles. The van der Waals surface area contributed by atoms with E-state index in [1.165, 1.54) is 18.1 Å². The van der Waals surface area contributed by atoms with Gasteiger partial charge < -0.3 is 5.32 Å². The summed E-state index contributed by atoms with van der Waals surface area (Å²) >= 11 is 3.20. The van der Waals surface area contributed by atoms with E-state index in [0.717, 1.165) is 25.4 Å². The maximum absolute atomic E-state index is 12.9. The SMILES string of the molecule is Fc1ccc(CCC2CNC2)cc1Br. The minimum absolute atomic E-state index is 0.181. The van der Waals surface area contributed by atoms with E-state index >= 15 is 0 Å². The van der Waals surface area contributed by atoms with Gasteiger partial charge in [-0.25, -0.2) is 4.39 Å². The van der Waals surface area contributed by atoms with Crippen molar-refractivity contribution in [3.05, 3.63) is 34.1 Å². The van der Waals surface area contributed by atoms with E-state index in [-0.39, 0.29) is 5.82 Å². The number of nitrogens with one attached hydrogen (secondary N) is 1. The first-order chi connectivity index (χ1) is 6.75. The Morgan fingerprint density at radius 2 is 2.21 bits per heavy atom. The van der Waals surface area contributed by atoms with Crippen LogP contribution in [0.5, 0.6) is 0 Å². The van der Waals surface area contributed by atoms with Gasteiger partial charge in [-0.15, -0.1) is 0 Å². The van der Waals surface area contributed by atoms with Gasteiger partial charge in [-0.2, -0.15) is 0 Å². The predicted molar refractivity (Wildman–Crippen MR) is 58.8 cm³/mol. The monoisotopic (exact) mass is 257 g/mol. The van der Waals surface area contributed by atoms with Crippen LogP contribution >= 0.6 is 15.9 Å². The van der Waals surface area contributed by atoms with Crippen molar-refractivity contribution in [3.63, 3.8) is 0 Å². The normalized spacial score (nSPS) is 16.7. The Balaban J connectivity index is 1.91. The smallest absolute Gasteiger partial charge is 0.137 e. The van der Waals surface area contributed by atoms with Crippen LogP contribution in [0.2, 0.25) is 0 Å². The molecule has 0 unspecified atom stereocenters. The highest BCUT2D eigenvalue weighted by atomic mass is 79.9. The van der Waals surface area contributed by atoms with Crippen LogP contribution in [0.15, 0.2) is 22.7 Å². The van der Waals surface area contributed by atoms with Gasteiger partial charge in [0.25, 0.3) is 0 Å². The molecule has 0 aromatic heterocycles. The standard InChI is InChI=1S/C11H13BrFN/c12-10-5-8(3-4-11(10)13)1-2-9-6-14-7-9/h3-5,9,14H,1-2,6-7H2. The van der Waals surface area contributed by atoms with Crippen LogP contribution in [0.4, 0.5) is 4.39 Å². The van der Waals surface area contributed by atoms with Crippen molar-refractivity contribution in [2.45, 2.75) is 12.8 Å². The first kappa shape index (κ1) is 10.1. The molecule has 3 heteroatoms. The summed E-state index contributed by atoms with van der Waals surface area (Å²) in [6.45, 7) is 2.28. The van der Waals surface area contributed by atoms with Gasteiger partial charge in [0.2, 0.25) is 0 Å². The minimum Gasteiger partial charge on any atom is -0.316 e. The molecule has 0 spiro atoms. The van der Waals surface area contributed by atoms with Gasteiger partial charge in [0, 0.05) is 0 Å². The van der Waals surface area contributed by atoms with Crippen LogP contribution in [-0.4, -0.2) is 13.1 Å². The van der Waals surface area contributed by atoms with E-state index in [9.17, 15) is 4.39 Å². The molecule has 1 aliphatic heterocycles. The molecule has 0 aliphatic carbocycles. The van der Waals surface area contributed by atoms with Crippen molar-refractivity contribution in [2.75, 3.05) is 13.1 Å². The third-order valence-corrected chi connectivity index (χ3v) is 3.30. The van der Waals surface area contributed by atoms with Crippen LogP contribution in [0.1, 0.15) is 12.0 Å². The minimum atomic E-state index is -0.181. The van der Waals surface area contributed by atoms with E-state index < -0.39 is 0 Å². The lowest BCUT2D eigenvalue weighted by molar-refractivity contribution is 0.328. The molecule has 2 rings (SSSR count). The second-order valence-electron chi connectivity index (χ2n) is 3.81. The van der Waals surface area contributed by atoms with E-state index in [0.29, 0.717) is 4.47 Å². The summed E-state index contributed by atoms with van der Waals surface area (Å²) in [6.07, 6.45) is 2.25. The molecule has 76 valence electrons. The number of halogens is 2. The molecule has 0 atom stereocenters. The summed E-state index contributed by atoms with van der Waals surface area (Å²) in [7, 11) is 0. The van der Waals surface area contributed by atoms with Gasteiger partial charge in [-0.1, -0.05) is 6.07 Å². The molecule has 0 bridgehead atoms. The molecule has 1 aromatic carbocycles. The molecular weight excluding hydrogens is 245 g/mol. The molecule has 1 aliphatic rings. The van der Waals surface area contributed by atoms with Crippen molar-refractivity contribution >= 4 is 15.9 Å². The fourth-order valence-corrected chi connectivity index (χ4v) is 2.04. The quantitative estimate of drug-likeness (QED) is 0.879. The Bertz CT molecular complexity index is 323. The number of aryl methyl sites for hydroxylation is 1. The summed E-state index contributed by atoms with van der Waals surface area (Å²) < 4.78 is 13.5. The van der Waals surface area contributed by atoms with Crippen molar-refractivity contribution in [2.24, 2.45) is 5.92 Å². The molecule has 0 amide bonds. The van der Waals surface area contributed by atoms with E-state index in [1.54, 1.807) is 0 Å². The molecule has 14 heavy (non-hydrogen) atoms. The zero-order chi connectivity index (χ0) is 9.97. The first-order valence-corrected chi connectivity index (χ1v) is 5.69. The van der Waals surface area contributed by atoms with Gasteiger partial charge in [0.1, 0.15) is 5.82 Å². The number of rotatable bonds is 3. The molecule has 1 fully saturated rings. The highest BCUT2D eigenvalue weighted by Gasteiger charge is 2.15. The highest BCUT2D eigenvalue weighted by molar-refractivity contribution is 9.10. The number of hydrogen-bond acceptors (Lipinski definition) is 1. The third kappa shape index (κ3) is 2.34. The molecule has 1 N–H and O–H groups in total. The lowest BCUT2D eigenvalue weighted by Crippen LogP contribution is -2.42. The van der Waals surface area contributed by atoms with Crippen LogP contribution in [-0.2, 0) is 6.42 Å². The van der Waals surface area contributed by atoms with Crippen LogP contribution in [0.25, 0.3) is 0 Å². The predicted octanol–water partition coefficient (Wildman–Crippen LogP) is 2.74. The highest BCUT2D eigenvalue weighted by Crippen LogP contribution is 2.19. The topological polar surface area (TPSA) is 12.0 Å². The Labute approximate surface area is 91.8 Å². The largest absolute Gasteiger partial charge is 0.316 e. The molecule has 1 nitrogen and oxygen atoms in total. The van der Waals surface area contributed by atoms with Gasteiger partial charge >= 0.3 is 0 Å². The van der Waals surface area contributed by atoms with E-state index in [4.69, 9.17) is 0 Å². The van der Waals surface area contributed by atoms with Crippen molar-refractivity contribution in [3.8, 4) is 0 Å². The molecule has 1 aromatic rings. The lowest BCUT2D eigenvalue weighted by Gasteiger charge is -2.26. The van der Waals surface area contributed by atoms with E-state index in [2.05, 4.69) is 21.2 Å². The van der Waals surface area contributed by atoms with Gasteiger partial charge in [0.05, 0.1) is 4.47 Å². The Hall–Kier alpha value is -0.410. The van der Waals surface area contributed by atoms with E-state index in [1.807, 2.05) is 12.1 Å². The van der Waals surface area contributed by atoms with Gasteiger partial charge in [-0.05, 0) is 65.5 Å². The Morgan fingerprint density at radius 1 is 1.43 bits per heavy atom. The third-order valence-electron chi connectivity index (χ3n) is 2.69. The van der Waals surface area contributed by atoms with Crippen LogP contribution in [0, 0.1) is 11.7 Å². The second-order valence-corrected chi connectivity index (χ2v) is 4.67. The summed E-state index contributed by atoms with van der Waals surface area (Å²) in [4.78, 5) is 0. The molecule has 1 heterocycles. The fraction of sp³-hybridized carbons (Fsp3) is 0.455. The first-order valence-electron chi connectivity index (χ1n) is 4.90. The average molecular weight is 258 g/mol. The number of benzene rings is 1. The van der Waals surface area contributed by atoms with Crippen LogP contribution in [0.3, 0.4) is 0 Å². The van der Waals surface area contributed by atoms with Crippen molar-refractivity contribution < 1.29 is 4.39 Å². The maximum atomic E-state index is 12.9. The number of hydrogen-bond donors (Lipinski definition) is 1. The Morgan fingerprint density at radius 3 is 2.79 bits per heavy atom. The van der Waals surface area contributed by atoms with Gasteiger partial charge in [0.15, 0.2) is 0 Å². The second kappa shape index (κ2) is 4.41. The van der Waals surface area contributed by atoms with Crippen molar-refractivity contribution in [1.29, 1.82) is 0 Å².